The number of nitrogens with two attached hydrogens (primary N) is 1. The molecule has 2 aromatic rings. The van der Waals surface area contributed by atoms with Crippen LogP contribution < -0.4 is 10.5 Å². The summed E-state index contributed by atoms with van der Waals surface area (Å²) in [6.07, 6.45) is 4.80. The van der Waals surface area contributed by atoms with Gasteiger partial charge in [0.2, 0.25) is 5.88 Å². The number of ether oxygens (including phenoxy) is 1. The number of halogens is 1. The summed E-state index contributed by atoms with van der Waals surface area (Å²) in [6, 6.07) is 6.13. The molecule has 3 aliphatic rings. The number of aliphatic hydroxyl groups is 1. The zero-order valence-electron chi connectivity index (χ0n) is 21.1. The van der Waals surface area contributed by atoms with Crippen LogP contribution in [-0.2, 0) is 4.79 Å². The summed E-state index contributed by atoms with van der Waals surface area (Å²) >= 11 is 6.83. The fourth-order valence-electron chi connectivity index (χ4n) is 5.76. The number of aryl methyl sites for hydroxylation is 1. The maximum absolute atomic E-state index is 12.3. The summed E-state index contributed by atoms with van der Waals surface area (Å²) in [5.41, 5.74) is 8.63. The topological polar surface area (TPSA) is 114 Å². The lowest BCUT2D eigenvalue weighted by molar-refractivity contribution is -0.144. The molecule has 3 heterocycles. The van der Waals surface area contributed by atoms with Crippen LogP contribution in [0.3, 0.4) is 0 Å². The second-order valence-corrected chi connectivity index (χ2v) is 11.2. The first-order valence-corrected chi connectivity index (χ1v) is 13.2. The van der Waals surface area contributed by atoms with Gasteiger partial charge in [0.05, 0.1) is 5.71 Å². The quantitative estimate of drug-likeness (QED) is 0.621. The van der Waals surface area contributed by atoms with E-state index >= 15 is 0 Å². The molecule has 1 unspecified atom stereocenters. The number of nitrogens with zero attached hydrogens (tertiary/aromatic N) is 4. The Bertz CT molecular complexity index is 1210. The number of carbonyl (C=O) groups excluding carboxylic acids is 1. The SMILES string of the molecule is Cc1nc(N)c2c(n1)OC(C)(C)C(c1ccc(C3CCC(CN4CCCC(O)C4=O)CC3)c(Cl)c1)=N2. The van der Waals surface area contributed by atoms with E-state index in [1.807, 2.05) is 24.8 Å². The summed E-state index contributed by atoms with van der Waals surface area (Å²) < 4.78 is 6.17. The summed E-state index contributed by atoms with van der Waals surface area (Å²) in [4.78, 5) is 27.5. The molecule has 1 atom stereocenters. The molecule has 2 fully saturated rings. The predicted molar refractivity (Wildman–Crippen MR) is 140 cm³/mol. The first kappa shape index (κ1) is 25.0. The number of fused-ring (bicyclic) bond motifs is 1. The van der Waals surface area contributed by atoms with Gasteiger partial charge in [0.15, 0.2) is 11.5 Å². The van der Waals surface area contributed by atoms with Crippen LogP contribution in [0.4, 0.5) is 11.5 Å². The molecule has 1 aromatic heterocycles. The smallest absolute Gasteiger partial charge is 0.251 e. The van der Waals surface area contributed by atoms with E-state index < -0.39 is 11.7 Å². The minimum Gasteiger partial charge on any atom is -0.463 e. The molecule has 3 N–H and O–H groups in total. The molecule has 1 saturated heterocycles. The maximum Gasteiger partial charge on any atom is 0.251 e. The number of hydrogen-bond donors (Lipinski definition) is 2. The fraction of sp³-hybridized carbons (Fsp3) is 0.556. The fourth-order valence-corrected chi connectivity index (χ4v) is 6.10. The second kappa shape index (κ2) is 9.63. The molecule has 0 spiro atoms. The van der Waals surface area contributed by atoms with Gasteiger partial charge in [-0.2, -0.15) is 4.98 Å². The second-order valence-electron chi connectivity index (χ2n) is 10.8. The lowest BCUT2D eigenvalue weighted by Crippen LogP contribution is -2.46. The molecular formula is C27H34ClN5O3. The van der Waals surface area contributed by atoms with Crippen molar-refractivity contribution in [1.29, 1.82) is 0 Å². The van der Waals surface area contributed by atoms with Gasteiger partial charge in [-0.3, -0.25) is 4.79 Å². The number of hydrogen-bond acceptors (Lipinski definition) is 7. The Labute approximate surface area is 216 Å². The molecule has 192 valence electrons. The monoisotopic (exact) mass is 511 g/mol. The predicted octanol–water partition coefficient (Wildman–Crippen LogP) is 4.57. The molecule has 36 heavy (non-hydrogen) atoms. The van der Waals surface area contributed by atoms with Gasteiger partial charge in [-0.1, -0.05) is 23.7 Å². The number of rotatable bonds is 4. The average molecular weight is 512 g/mol. The highest BCUT2D eigenvalue weighted by Gasteiger charge is 2.36. The van der Waals surface area contributed by atoms with Crippen molar-refractivity contribution in [2.75, 3.05) is 18.8 Å². The third-order valence-corrected chi connectivity index (χ3v) is 8.01. The number of aromatic nitrogens is 2. The van der Waals surface area contributed by atoms with E-state index in [4.69, 9.17) is 27.1 Å². The molecule has 2 aliphatic heterocycles. The number of aliphatic hydroxyl groups excluding tert-OH is 1. The zero-order valence-corrected chi connectivity index (χ0v) is 21.9. The lowest BCUT2D eigenvalue weighted by atomic mass is 9.78. The Hall–Kier alpha value is -2.71. The Morgan fingerprint density at radius 2 is 1.94 bits per heavy atom. The van der Waals surface area contributed by atoms with E-state index in [-0.39, 0.29) is 5.91 Å². The molecule has 1 amide bonds. The lowest BCUT2D eigenvalue weighted by Gasteiger charge is -2.36. The molecule has 0 bridgehead atoms. The Morgan fingerprint density at radius 1 is 1.19 bits per heavy atom. The molecular weight excluding hydrogens is 478 g/mol. The molecule has 1 saturated carbocycles. The van der Waals surface area contributed by atoms with E-state index in [0.29, 0.717) is 41.5 Å². The molecule has 0 radical (unpaired) electrons. The first-order chi connectivity index (χ1) is 17.1. The van der Waals surface area contributed by atoms with Crippen molar-refractivity contribution in [3.63, 3.8) is 0 Å². The molecule has 1 aromatic carbocycles. The van der Waals surface area contributed by atoms with Crippen LogP contribution in [0.15, 0.2) is 23.2 Å². The van der Waals surface area contributed by atoms with Crippen LogP contribution in [0.2, 0.25) is 5.02 Å². The summed E-state index contributed by atoms with van der Waals surface area (Å²) in [5.74, 6) is 1.99. The van der Waals surface area contributed by atoms with E-state index in [9.17, 15) is 9.90 Å². The zero-order chi connectivity index (χ0) is 25.6. The molecule has 1 aliphatic carbocycles. The van der Waals surface area contributed by atoms with E-state index in [0.717, 1.165) is 67.1 Å². The third kappa shape index (κ3) is 4.81. The summed E-state index contributed by atoms with van der Waals surface area (Å²) in [6.45, 7) is 7.19. The van der Waals surface area contributed by atoms with Gasteiger partial charge >= 0.3 is 0 Å². The Morgan fingerprint density at radius 3 is 2.67 bits per heavy atom. The minimum absolute atomic E-state index is 0.106. The molecule has 8 nitrogen and oxygen atoms in total. The number of anilines is 1. The van der Waals surface area contributed by atoms with Crippen molar-refractivity contribution in [1.82, 2.24) is 14.9 Å². The third-order valence-electron chi connectivity index (χ3n) is 7.68. The van der Waals surface area contributed by atoms with Crippen molar-refractivity contribution < 1.29 is 14.6 Å². The van der Waals surface area contributed by atoms with Gasteiger partial charge in [0.1, 0.15) is 17.5 Å². The number of carbonyl (C=O) groups is 1. The van der Waals surface area contributed by atoms with Crippen molar-refractivity contribution in [2.45, 2.75) is 76.9 Å². The Kier molecular flexibility index (Phi) is 6.68. The number of piperidine rings is 1. The molecule has 5 rings (SSSR count). The summed E-state index contributed by atoms with van der Waals surface area (Å²) in [7, 11) is 0. The highest BCUT2D eigenvalue weighted by atomic mass is 35.5. The summed E-state index contributed by atoms with van der Waals surface area (Å²) in [5, 5.41) is 10.6. The Balaban J connectivity index is 1.30. The number of aliphatic imine (C=N–C) groups is 1. The molecule has 9 heteroatoms. The van der Waals surface area contributed by atoms with Crippen molar-refractivity contribution in [3.05, 3.63) is 40.2 Å². The van der Waals surface area contributed by atoms with Crippen molar-refractivity contribution in [2.24, 2.45) is 10.9 Å². The first-order valence-electron chi connectivity index (χ1n) is 12.8. The number of amides is 1. The van der Waals surface area contributed by atoms with E-state index in [1.54, 1.807) is 6.92 Å². The van der Waals surface area contributed by atoms with Crippen LogP contribution >= 0.6 is 11.6 Å². The van der Waals surface area contributed by atoms with E-state index in [2.05, 4.69) is 22.1 Å². The average Bonchev–Trinajstić information content (AvgIpc) is 2.81. The van der Waals surface area contributed by atoms with Gasteiger partial charge < -0.3 is 20.5 Å². The number of nitrogen functional groups attached to an aromatic ring is 1. The van der Waals surface area contributed by atoms with Crippen molar-refractivity contribution in [3.8, 4) is 5.88 Å². The van der Waals surface area contributed by atoms with Gasteiger partial charge in [-0.05, 0) is 82.8 Å². The largest absolute Gasteiger partial charge is 0.463 e. The van der Waals surface area contributed by atoms with Gasteiger partial charge in [-0.25, -0.2) is 9.98 Å². The van der Waals surface area contributed by atoms with Crippen LogP contribution in [-0.4, -0.2) is 56.4 Å². The normalized spacial score (nSPS) is 25.7. The highest BCUT2D eigenvalue weighted by Crippen LogP contribution is 2.42. The van der Waals surface area contributed by atoms with E-state index in [1.165, 1.54) is 0 Å². The van der Waals surface area contributed by atoms with Crippen LogP contribution in [0.5, 0.6) is 5.88 Å². The van der Waals surface area contributed by atoms with Gasteiger partial charge in [-0.15, -0.1) is 0 Å². The van der Waals surface area contributed by atoms with Gasteiger partial charge in [0, 0.05) is 23.7 Å². The van der Waals surface area contributed by atoms with Crippen LogP contribution in [0.1, 0.15) is 75.2 Å². The number of benzene rings is 1. The maximum atomic E-state index is 12.3. The standard InChI is InChI=1S/C27H34ClN5O3/c1-15-30-24(29)22-25(31-15)36-27(2,3)23(32-22)18-10-11-19(20(28)13-18)17-8-6-16(7-9-17)14-33-12-4-5-21(34)26(33)35/h10-11,13,16-17,21,34H,4-9,12,14H2,1-3H3,(H2,29,30,31). The highest BCUT2D eigenvalue weighted by molar-refractivity contribution is 6.32. The van der Waals surface area contributed by atoms with Gasteiger partial charge in [0.25, 0.3) is 5.91 Å². The minimum atomic E-state index is -0.821. The van der Waals surface area contributed by atoms with Crippen LogP contribution in [0, 0.1) is 12.8 Å². The van der Waals surface area contributed by atoms with Crippen LogP contribution in [0.25, 0.3) is 0 Å². The van der Waals surface area contributed by atoms with Crippen molar-refractivity contribution >= 4 is 34.7 Å². The number of likely N-dealkylation sites (tertiary alicyclic amines) is 1.